The molecule has 1 N–H and O–H groups in total. The third kappa shape index (κ3) is 2.83. The Balaban J connectivity index is 1.61. The Morgan fingerprint density at radius 2 is 2.16 bits per heavy atom. The summed E-state index contributed by atoms with van der Waals surface area (Å²) in [6.45, 7) is 1.71. The molecule has 2 atom stereocenters. The quantitative estimate of drug-likeness (QED) is 0.888. The summed E-state index contributed by atoms with van der Waals surface area (Å²) in [5.74, 6) is 1.66. The number of carbonyl (C=O) groups excluding carboxylic acids is 1. The second kappa shape index (κ2) is 6.42. The molecule has 8 heteroatoms. The Bertz CT molecular complexity index is 796. The van der Waals surface area contributed by atoms with Crippen LogP contribution in [0.25, 0.3) is 0 Å². The molecule has 2 aliphatic rings. The number of amides is 1. The summed E-state index contributed by atoms with van der Waals surface area (Å²) in [6, 6.07) is 3.69. The van der Waals surface area contributed by atoms with Crippen molar-refractivity contribution in [2.75, 3.05) is 31.6 Å². The van der Waals surface area contributed by atoms with E-state index >= 15 is 0 Å². The molecular formula is C17H18Cl2N4O2. The van der Waals surface area contributed by atoms with Crippen LogP contribution in [0.2, 0.25) is 10.0 Å². The van der Waals surface area contributed by atoms with Crippen LogP contribution in [-0.4, -0.2) is 53.6 Å². The van der Waals surface area contributed by atoms with Gasteiger partial charge in [-0.15, -0.1) is 0 Å². The molecule has 0 spiro atoms. The van der Waals surface area contributed by atoms with Crippen LogP contribution in [0, 0.1) is 0 Å². The van der Waals surface area contributed by atoms with Crippen molar-refractivity contribution < 1.29 is 9.53 Å². The summed E-state index contributed by atoms with van der Waals surface area (Å²) in [5, 5.41) is 1.02. The molecule has 2 saturated heterocycles. The first kappa shape index (κ1) is 16.5. The van der Waals surface area contributed by atoms with E-state index in [4.69, 9.17) is 27.9 Å². The number of methoxy groups -OCH3 is 1. The lowest BCUT2D eigenvalue weighted by Crippen LogP contribution is -2.54. The highest BCUT2D eigenvalue weighted by molar-refractivity contribution is 6.42. The molecule has 1 aromatic carbocycles. The molecule has 2 fully saturated rings. The van der Waals surface area contributed by atoms with Gasteiger partial charge in [0.15, 0.2) is 0 Å². The normalized spacial score (nSPS) is 23.1. The van der Waals surface area contributed by atoms with E-state index in [2.05, 4.69) is 9.97 Å². The second-order valence-electron chi connectivity index (χ2n) is 6.40. The molecule has 0 radical (unpaired) electrons. The third-order valence-electron chi connectivity index (χ3n) is 5.00. The lowest BCUT2D eigenvalue weighted by Gasteiger charge is -2.36. The number of carbonyl (C=O) groups is 1. The molecule has 0 aliphatic carbocycles. The number of hydrogen-bond acceptors (Lipinski definition) is 4. The van der Waals surface area contributed by atoms with E-state index in [1.54, 1.807) is 25.6 Å². The maximum absolute atomic E-state index is 12.6. The van der Waals surface area contributed by atoms with E-state index in [1.807, 2.05) is 15.9 Å². The molecule has 132 valence electrons. The van der Waals surface area contributed by atoms with Crippen LogP contribution < -0.4 is 9.64 Å². The van der Waals surface area contributed by atoms with Gasteiger partial charge in [0.25, 0.3) is 0 Å². The molecule has 0 bridgehead atoms. The van der Waals surface area contributed by atoms with E-state index in [9.17, 15) is 4.79 Å². The number of piperazine rings is 1. The Morgan fingerprint density at radius 1 is 1.32 bits per heavy atom. The average Bonchev–Trinajstić information content (AvgIpc) is 3.26. The van der Waals surface area contributed by atoms with Crippen molar-refractivity contribution in [3.05, 3.63) is 40.1 Å². The van der Waals surface area contributed by atoms with Crippen molar-refractivity contribution in [2.24, 2.45) is 0 Å². The monoisotopic (exact) mass is 380 g/mol. The predicted octanol–water partition coefficient (Wildman–Crippen LogP) is 2.93. The first-order valence-electron chi connectivity index (χ1n) is 8.14. The maximum atomic E-state index is 12.6. The number of anilines is 1. The summed E-state index contributed by atoms with van der Waals surface area (Å²) in [4.78, 5) is 23.9. The average molecular weight is 381 g/mol. The van der Waals surface area contributed by atoms with Crippen molar-refractivity contribution in [2.45, 2.75) is 18.4 Å². The zero-order valence-corrected chi connectivity index (χ0v) is 15.2. The number of aromatic nitrogens is 2. The zero-order chi connectivity index (χ0) is 17.6. The van der Waals surface area contributed by atoms with Crippen LogP contribution >= 0.6 is 23.2 Å². The largest absolute Gasteiger partial charge is 0.496 e. The van der Waals surface area contributed by atoms with Crippen LogP contribution in [0.15, 0.2) is 24.5 Å². The minimum absolute atomic E-state index is 0.103. The standard InChI is InChI=1S/C17H18Cl2N4O2/c1-25-13-3-2-12(18)16(19)15(13)10-6-11-8-22(17-20-4-5-21-17)9-14(24)23(11)7-10/h2-5,10-11H,6-9H2,1H3,(H,20,21)/t10-,11-/m0/s1. The van der Waals surface area contributed by atoms with Crippen molar-refractivity contribution in [3.63, 3.8) is 0 Å². The van der Waals surface area contributed by atoms with Crippen molar-refractivity contribution >= 4 is 35.1 Å². The van der Waals surface area contributed by atoms with E-state index in [0.717, 1.165) is 30.2 Å². The number of hydrogen-bond donors (Lipinski definition) is 1. The van der Waals surface area contributed by atoms with Crippen LogP contribution in [-0.2, 0) is 4.79 Å². The predicted molar refractivity (Wildman–Crippen MR) is 96.7 cm³/mol. The molecular weight excluding hydrogens is 363 g/mol. The van der Waals surface area contributed by atoms with Gasteiger partial charge in [-0.2, -0.15) is 0 Å². The van der Waals surface area contributed by atoms with E-state index < -0.39 is 0 Å². The van der Waals surface area contributed by atoms with Crippen LogP contribution in [0.4, 0.5) is 5.95 Å². The smallest absolute Gasteiger partial charge is 0.242 e. The molecule has 2 aliphatic heterocycles. The Labute approximate surface area is 155 Å². The van der Waals surface area contributed by atoms with Crippen LogP contribution in [0.3, 0.4) is 0 Å². The van der Waals surface area contributed by atoms with Crippen LogP contribution in [0.1, 0.15) is 17.9 Å². The minimum atomic E-state index is 0.103. The van der Waals surface area contributed by atoms with Gasteiger partial charge in [-0.05, 0) is 18.6 Å². The summed E-state index contributed by atoms with van der Waals surface area (Å²) in [6.07, 6.45) is 4.28. The topological polar surface area (TPSA) is 61.5 Å². The van der Waals surface area contributed by atoms with Gasteiger partial charge in [0.2, 0.25) is 11.9 Å². The molecule has 3 heterocycles. The maximum Gasteiger partial charge on any atom is 0.242 e. The fourth-order valence-electron chi connectivity index (χ4n) is 3.88. The van der Waals surface area contributed by atoms with Gasteiger partial charge >= 0.3 is 0 Å². The number of benzene rings is 1. The van der Waals surface area contributed by atoms with Crippen molar-refractivity contribution in [3.8, 4) is 5.75 Å². The van der Waals surface area contributed by atoms with Gasteiger partial charge in [0, 0.05) is 37.0 Å². The molecule has 25 heavy (non-hydrogen) atoms. The summed E-state index contributed by atoms with van der Waals surface area (Å²) >= 11 is 12.7. The second-order valence-corrected chi connectivity index (χ2v) is 7.19. The van der Waals surface area contributed by atoms with Gasteiger partial charge in [-0.3, -0.25) is 4.79 Å². The number of H-pyrrole nitrogens is 1. The SMILES string of the molecule is COc1ccc(Cl)c(Cl)c1[C@H]1C[C@H]2CN(c3ncc[nH]3)CC(=O)N2C1. The molecule has 0 saturated carbocycles. The van der Waals surface area contributed by atoms with E-state index in [1.165, 1.54) is 0 Å². The fraction of sp³-hybridized carbons (Fsp3) is 0.412. The number of nitrogens with zero attached hydrogens (tertiary/aromatic N) is 3. The molecule has 4 rings (SSSR count). The third-order valence-corrected chi connectivity index (χ3v) is 5.82. The van der Waals surface area contributed by atoms with Gasteiger partial charge in [-0.25, -0.2) is 4.98 Å². The Kier molecular flexibility index (Phi) is 4.25. The number of fused-ring (bicyclic) bond motifs is 1. The summed E-state index contributed by atoms with van der Waals surface area (Å²) in [5.41, 5.74) is 0.892. The molecule has 0 unspecified atom stereocenters. The lowest BCUT2D eigenvalue weighted by molar-refractivity contribution is -0.132. The lowest BCUT2D eigenvalue weighted by atomic mass is 9.95. The highest BCUT2D eigenvalue weighted by Gasteiger charge is 2.42. The molecule has 2 aromatic rings. The number of imidazole rings is 1. The van der Waals surface area contributed by atoms with E-state index in [0.29, 0.717) is 23.1 Å². The number of ether oxygens (including phenoxy) is 1. The first-order valence-corrected chi connectivity index (χ1v) is 8.89. The molecule has 6 nitrogen and oxygen atoms in total. The van der Waals surface area contributed by atoms with Gasteiger partial charge in [0.05, 0.1) is 29.7 Å². The number of rotatable bonds is 3. The fourth-order valence-corrected chi connectivity index (χ4v) is 4.35. The van der Waals surface area contributed by atoms with Crippen LogP contribution in [0.5, 0.6) is 5.75 Å². The highest BCUT2D eigenvalue weighted by Crippen LogP contribution is 2.44. The van der Waals surface area contributed by atoms with E-state index in [-0.39, 0.29) is 17.9 Å². The minimum Gasteiger partial charge on any atom is -0.496 e. The highest BCUT2D eigenvalue weighted by atomic mass is 35.5. The van der Waals surface area contributed by atoms with Gasteiger partial charge < -0.3 is 19.5 Å². The Morgan fingerprint density at radius 3 is 2.88 bits per heavy atom. The number of halogens is 2. The zero-order valence-electron chi connectivity index (χ0n) is 13.7. The molecule has 1 aromatic heterocycles. The van der Waals surface area contributed by atoms with Gasteiger partial charge in [-0.1, -0.05) is 23.2 Å². The van der Waals surface area contributed by atoms with Gasteiger partial charge in [0.1, 0.15) is 5.75 Å². The Hall–Kier alpha value is -1.92. The van der Waals surface area contributed by atoms with Crippen molar-refractivity contribution in [1.82, 2.24) is 14.9 Å². The first-order chi connectivity index (χ1) is 12.1. The van der Waals surface area contributed by atoms with Crippen molar-refractivity contribution in [1.29, 1.82) is 0 Å². The number of aromatic amines is 1. The summed E-state index contributed by atoms with van der Waals surface area (Å²) < 4.78 is 5.48. The summed E-state index contributed by atoms with van der Waals surface area (Å²) in [7, 11) is 1.62. The molecule has 1 amide bonds. The number of nitrogens with one attached hydrogen (secondary N) is 1.